The third kappa shape index (κ3) is 2.15. The zero-order valence-corrected chi connectivity index (χ0v) is 8.01. The van der Waals surface area contributed by atoms with Crippen molar-refractivity contribution in [3.8, 4) is 0 Å². The molecule has 0 spiro atoms. The highest BCUT2D eigenvalue weighted by Crippen LogP contribution is 2.30. The molecule has 0 aliphatic carbocycles. The Bertz CT molecular complexity index is 195. The lowest BCUT2D eigenvalue weighted by Crippen LogP contribution is -2.55. The summed E-state index contributed by atoms with van der Waals surface area (Å²) < 4.78 is 35.3. The quantitative estimate of drug-likeness (QED) is 0.718. The van der Waals surface area contributed by atoms with E-state index >= 15 is 0 Å². The molecule has 0 bridgehead atoms. The van der Waals surface area contributed by atoms with Crippen LogP contribution in [0.25, 0.3) is 0 Å². The molecule has 1 heterocycles. The van der Waals surface area contributed by atoms with Gasteiger partial charge in [-0.25, -0.2) is 8.78 Å². The van der Waals surface area contributed by atoms with E-state index < -0.39 is 23.9 Å². The topological polar surface area (TPSA) is 44.5 Å². The molecule has 1 aliphatic heterocycles. The van der Waals surface area contributed by atoms with Crippen molar-refractivity contribution in [1.82, 2.24) is 0 Å². The van der Waals surface area contributed by atoms with Crippen molar-refractivity contribution in [2.45, 2.75) is 44.6 Å². The summed E-state index contributed by atoms with van der Waals surface area (Å²) in [6.45, 7) is 4.74. The maximum absolute atomic E-state index is 12.5. The number of ether oxygens (including phenoxy) is 2. The van der Waals surface area contributed by atoms with Crippen LogP contribution in [0.5, 0.6) is 0 Å². The predicted octanol–water partition coefficient (Wildman–Crippen LogP) is 1.12. The molecule has 0 amide bonds. The number of nitrogens with two attached hydrogens (primary N) is 1. The number of hydrogen-bond acceptors (Lipinski definition) is 3. The van der Waals surface area contributed by atoms with Crippen LogP contribution in [0.15, 0.2) is 0 Å². The first-order valence-corrected chi connectivity index (χ1v) is 4.14. The Labute approximate surface area is 76.2 Å². The lowest BCUT2D eigenvalue weighted by molar-refractivity contribution is -0.153. The molecule has 5 heteroatoms. The van der Waals surface area contributed by atoms with Gasteiger partial charge in [0.1, 0.15) is 11.6 Å². The van der Waals surface area contributed by atoms with Crippen molar-refractivity contribution in [2.75, 3.05) is 6.61 Å². The third-order valence-corrected chi connectivity index (χ3v) is 2.17. The molecule has 2 unspecified atom stereocenters. The minimum Gasteiger partial charge on any atom is -0.348 e. The summed E-state index contributed by atoms with van der Waals surface area (Å²) in [4.78, 5) is 0. The van der Waals surface area contributed by atoms with Crippen LogP contribution in [0.4, 0.5) is 8.78 Å². The Kier molecular flexibility index (Phi) is 2.62. The highest BCUT2D eigenvalue weighted by molar-refractivity contribution is 4.94. The maximum atomic E-state index is 12.5. The summed E-state index contributed by atoms with van der Waals surface area (Å²) in [5.74, 6) is -0.805. The fraction of sp³-hybridized carbons (Fsp3) is 1.00. The summed E-state index contributed by atoms with van der Waals surface area (Å²) in [6, 6.07) is 0. The van der Waals surface area contributed by atoms with Crippen LogP contribution in [-0.4, -0.2) is 30.5 Å². The van der Waals surface area contributed by atoms with E-state index in [0.717, 1.165) is 0 Å². The van der Waals surface area contributed by atoms with Gasteiger partial charge in [0.15, 0.2) is 5.79 Å². The minimum absolute atomic E-state index is 0.115. The maximum Gasteiger partial charge on any atom is 0.258 e. The van der Waals surface area contributed by atoms with Gasteiger partial charge in [-0.05, 0) is 20.8 Å². The molecule has 0 aromatic rings. The Morgan fingerprint density at radius 2 is 2.08 bits per heavy atom. The van der Waals surface area contributed by atoms with Gasteiger partial charge in [0.2, 0.25) is 0 Å². The van der Waals surface area contributed by atoms with Crippen LogP contribution < -0.4 is 5.73 Å². The van der Waals surface area contributed by atoms with Crippen LogP contribution in [0, 0.1) is 0 Å². The number of rotatable bonds is 2. The minimum atomic E-state index is -2.62. The third-order valence-electron chi connectivity index (χ3n) is 2.17. The molecule has 0 aromatic carbocycles. The highest BCUT2D eigenvalue weighted by atomic mass is 19.3. The van der Waals surface area contributed by atoms with E-state index in [1.807, 2.05) is 0 Å². The van der Waals surface area contributed by atoms with E-state index in [1.54, 1.807) is 13.8 Å². The van der Waals surface area contributed by atoms with Crippen LogP contribution in [0.2, 0.25) is 0 Å². The molecule has 1 aliphatic rings. The summed E-state index contributed by atoms with van der Waals surface area (Å²) >= 11 is 0. The van der Waals surface area contributed by atoms with E-state index in [9.17, 15) is 8.78 Å². The average molecular weight is 195 g/mol. The second-order valence-electron chi connectivity index (χ2n) is 3.98. The van der Waals surface area contributed by atoms with Gasteiger partial charge in [-0.15, -0.1) is 0 Å². The van der Waals surface area contributed by atoms with Crippen molar-refractivity contribution >= 4 is 0 Å². The molecular formula is C8H15F2NO2. The molecular weight excluding hydrogens is 180 g/mol. The molecule has 2 N–H and O–H groups in total. The molecule has 13 heavy (non-hydrogen) atoms. The van der Waals surface area contributed by atoms with E-state index in [4.69, 9.17) is 15.2 Å². The molecule has 0 aromatic heterocycles. The molecule has 78 valence electrons. The van der Waals surface area contributed by atoms with Gasteiger partial charge in [-0.2, -0.15) is 0 Å². The first kappa shape index (κ1) is 10.8. The van der Waals surface area contributed by atoms with Crippen molar-refractivity contribution in [3.63, 3.8) is 0 Å². The SMILES string of the molecule is CC1(C)OCC(C(C)(N)C(F)F)O1. The summed E-state index contributed by atoms with van der Waals surface area (Å²) in [7, 11) is 0. The molecule has 2 atom stereocenters. The van der Waals surface area contributed by atoms with Crippen molar-refractivity contribution in [1.29, 1.82) is 0 Å². The normalized spacial score (nSPS) is 32.1. The second-order valence-corrected chi connectivity index (χ2v) is 3.98. The van der Waals surface area contributed by atoms with Crippen molar-refractivity contribution < 1.29 is 18.3 Å². The van der Waals surface area contributed by atoms with Crippen LogP contribution in [-0.2, 0) is 9.47 Å². The van der Waals surface area contributed by atoms with E-state index in [2.05, 4.69) is 0 Å². The smallest absolute Gasteiger partial charge is 0.258 e. The van der Waals surface area contributed by atoms with E-state index in [-0.39, 0.29) is 6.61 Å². The fourth-order valence-electron chi connectivity index (χ4n) is 1.13. The van der Waals surface area contributed by atoms with Gasteiger partial charge in [0.05, 0.1) is 6.61 Å². The molecule has 1 rings (SSSR count). The van der Waals surface area contributed by atoms with Crippen LogP contribution in [0.3, 0.4) is 0 Å². The Morgan fingerprint density at radius 3 is 2.38 bits per heavy atom. The molecule has 0 saturated carbocycles. The summed E-state index contributed by atoms with van der Waals surface area (Å²) in [5.41, 5.74) is 3.79. The standard InChI is InChI=1S/C8H15F2NO2/c1-7(2)12-4-5(13-7)8(3,11)6(9)10/h5-6H,4,11H2,1-3H3. The Morgan fingerprint density at radius 1 is 1.54 bits per heavy atom. The zero-order valence-electron chi connectivity index (χ0n) is 8.01. The second kappa shape index (κ2) is 3.15. The average Bonchev–Trinajstić information content (AvgIpc) is 2.30. The predicted molar refractivity (Wildman–Crippen MR) is 43.5 cm³/mol. The van der Waals surface area contributed by atoms with E-state index in [0.29, 0.717) is 0 Å². The van der Waals surface area contributed by atoms with Gasteiger partial charge in [0.25, 0.3) is 6.43 Å². The molecule has 0 radical (unpaired) electrons. The number of hydrogen-bond donors (Lipinski definition) is 1. The van der Waals surface area contributed by atoms with Crippen molar-refractivity contribution in [3.05, 3.63) is 0 Å². The van der Waals surface area contributed by atoms with Crippen LogP contribution in [0.1, 0.15) is 20.8 Å². The lowest BCUT2D eigenvalue weighted by atomic mass is 9.97. The largest absolute Gasteiger partial charge is 0.348 e. The number of halogens is 2. The fourth-order valence-corrected chi connectivity index (χ4v) is 1.13. The van der Waals surface area contributed by atoms with Gasteiger partial charge in [0, 0.05) is 0 Å². The molecule has 1 fully saturated rings. The summed E-state index contributed by atoms with van der Waals surface area (Å²) in [6.07, 6.45) is -3.36. The number of alkyl halides is 2. The summed E-state index contributed by atoms with van der Waals surface area (Å²) in [5, 5.41) is 0. The van der Waals surface area contributed by atoms with Gasteiger partial charge >= 0.3 is 0 Å². The molecule has 3 nitrogen and oxygen atoms in total. The highest BCUT2D eigenvalue weighted by Gasteiger charge is 2.47. The van der Waals surface area contributed by atoms with Crippen molar-refractivity contribution in [2.24, 2.45) is 5.73 Å². The van der Waals surface area contributed by atoms with Crippen LogP contribution >= 0.6 is 0 Å². The Balaban J connectivity index is 2.65. The van der Waals surface area contributed by atoms with Gasteiger partial charge in [-0.1, -0.05) is 0 Å². The van der Waals surface area contributed by atoms with Gasteiger partial charge in [-0.3, -0.25) is 0 Å². The Hall–Kier alpha value is -0.260. The molecule has 1 saturated heterocycles. The monoisotopic (exact) mass is 195 g/mol. The lowest BCUT2D eigenvalue weighted by Gasteiger charge is -2.29. The first-order valence-electron chi connectivity index (χ1n) is 4.14. The van der Waals surface area contributed by atoms with E-state index in [1.165, 1.54) is 6.92 Å². The zero-order chi connectivity index (χ0) is 10.3. The van der Waals surface area contributed by atoms with Gasteiger partial charge < -0.3 is 15.2 Å². The first-order chi connectivity index (χ1) is 5.76.